The molecular formula is C22H37IN6O2S. The van der Waals surface area contributed by atoms with E-state index in [1.807, 2.05) is 24.5 Å². The average Bonchev–Trinajstić information content (AvgIpc) is 3.15. The molecule has 32 heavy (non-hydrogen) atoms. The van der Waals surface area contributed by atoms with Crippen LogP contribution < -0.4 is 20.1 Å². The summed E-state index contributed by atoms with van der Waals surface area (Å²) in [5.41, 5.74) is 1.01. The molecule has 0 saturated heterocycles. The van der Waals surface area contributed by atoms with Crippen molar-refractivity contribution in [3.8, 4) is 11.5 Å². The Kier molecular flexibility index (Phi) is 13.5. The predicted octanol–water partition coefficient (Wildman–Crippen LogP) is 3.98. The van der Waals surface area contributed by atoms with E-state index in [0.717, 1.165) is 66.5 Å². The number of aromatic nitrogens is 3. The van der Waals surface area contributed by atoms with Gasteiger partial charge in [0.2, 0.25) is 0 Å². The fourth-order valence-electron chi connectivity index (χ4n) is 3.15. The Morgan fingerprint density at radius 1 is 1.19 bits per heavy atom. The van der Waals surface area contributed by atoms with E-state index in [1.165, 1.54) is 0 Å². The molecule has 0 amide bonds. The largest absolute Gasteiger partial charge is 0.497 e. The molecule has 2 aromatic rings. The van der Waals surface area contributed by atoms with Gasteiger partial charge < -0.3 is 24.7 Å². The van der Waals surface area contributed by atoms with Gasteiger partial charge in [0.15, 0.2) is 11.1 Å². The van der Waals surface area contributed by atoms with Crippen molar-refractivity contribution < 1.29 is 9.47 Å². The van der Waals surface area contributed by atoms with E-state index in [2.05, 4.69) is 46.2 Å². The quantitative estimate of drug-likeness (QED) is 0.130. The molecule has 0 spiro atoms. The van der Waals surface area contributed by atoms with Crippen LogP contribution in [-0.2, 0) is 19.5 Å². The normalized spacial score (nSPS) is 11.3. The van der Waals surface area contributed by atoms with E-state index in [1.54, 1.807) is 26.0 Å². The lowest BCUT2D eigenvalue weighted by molar-refractivity contribution is 0.391. The van der Waals surface area contributed by atoms with E-state index >= 15 is 0 Å². The third-order valence-electron chi connectivity index (χ3n) is 4.64. The number of rotatable bonds is 12. The van der Waals surface area contributed by atoms with Crippen molar-refractivity contribution >= 4 is 41.7 Å². The third-order valence-corrected chi connectivity index (χ3v) is 5.31. The SMILES string of the molecule is CCNC(=NCc1ccc(OC)cc1OC)NCCCc1nnc(SC)n1CC(C)C.I. The molecule has 1 heterocycles. The zero-order valence-corrected chi connectivity index (χ0v) is 23.1. The average molecular weight is 577 g/mol. The summed E-state index contributed by atoms with van der Waals surface area (Å²) >= 11 is 1.65. The standard InChI is InChI=1S/C22H36N6O2S.HI/c1-7-23-21(25-14-17-10-11-18(29-4)13-19(17)30-5)24-12-8-9-20-26-27-22(31-6)28(20)15-16(2)3;/h10-11,13,16H,7-9,12,14-15H2,1-6H3,(H2,23,24,25);1H. The molecular weight excluding hydrogens is 539 g/mol. The highest BCUT2D eigenvalue weighted by atomic mass is 127. The Hall–Kier alpha value is -1.69. The highest BCUT2D eigenvalue weighted by Gasteiger charge is 2.12. The molecule has 8 nitrogen and oxygen atoms in total. The van der Waals surface area contributed by atoms with Gasteiger partial charge in [-0.15, -0.1) is 34.2 Å². The van der Waals surface area contributed by atoms with Crippen LogP contribution in [0.1, 0.15) is 38.6 Å². The first-order chi connectivity index (χ1) is 15.0. The highest BCUT2D eigenvalue weighted by molar-refractivity contribution is 14.0. The van der Waals surface area contributed by atoms with Crippen molar-refractivity contribution in [2.24, 2.45) is 10.9 Å². The molecule has 1 aromatic carbocycles. The van der Waals surface area contributed by atoms with Crippen molar-refractivity contribution in [2.45, 2.75) is 51.9 Å². The molecule has 0 aliphatic heterocycles. The van der Waals surface area contributed by atoms with Crippen LogP contribution in [0.15, 0.2) is 28.3 Å². The molecule has 0 unspecified atom stereocenters. The predicted molar refractivity (Wildman–Crippen MR) is 143 cm³/mol. The summed E-state index contributed by atoms with van der Waals surface area (Å²) in [6.07, 6.45) is 3.86. The third kappa shape index (κ3) is 8.68. The Balaban J connectivity index is 0.00000512. The first-order valence-electron chi connectivity index (χ1n) is 10.7. The lowest BCUT2D eigenvalue weighted by atomic mass is 10.2. The van der Waals surface area contributed by atoms with E-state index in [-0.39, 0.29) is 24.0 Å². The molecule has 0 atom stereocenters. The molecule has 180 valence electrons. The van der Waals surface area contributed by atoms with Crippen molar-refractivity contribution in [1.82, 2.24) is 25.4 Å². The van der Waals surface area contributed by atoms with E-state index < -0.39 is 0 Å². The van der Waals surface area contributed by atoms with Crippen LogP contribution >= 0.6 is 35.7 Å². The van der Waals surface area contributed by atoms with Gasteiger partial charge >= 0.3 is 0 Å². The number of thioether (sulfide) groups is 1. The van der Waals surface area contributed by atoms with Gasteiger partial charge in [0.25, 0.3) is 0 Å². The number of methoxy groups -OCH3 is 2. The summed E-state index contributed by atoms with van der Waals surface area (Å²) < 4.78 is 13.0. The summed E-state index contributed by atoms with van der Waals surface area (Å²) in [5.74, 6) is 3.93. The van der Waals surface area contributed by atoms with Crippen molar-refractivity contribution in [3.05, 3.63) is 29.6 Å². The van der Waals surface area contributed by atoms with Gasteiger partial charge in [-0.3, -0.25) is 0 Å². The minimum absolute atomic E-state index is 0. The van der Waals surface area contributed by atoms with Crippen molar-refractivity contribution in [3.63, 3.8) is 0 Å². The van der Waals surface area contributed by atoms with Gasteiger partial charge in [-0.25, -0.2) is 4.99 Å². The van der Waals surface area contributed by atoms with Gasteiger partial charge in [-0.1, -0.05) is 25.6 Å². The summed E-state index contributed by atoms with van der Waals surface area (Å²) in [4.78, 5) is 4.70. The number of ether oxygens (including phenoxy) is 2. The van der Waals surface area contributed by atoms with Crippen LogP contribution in [-0.4, -0.2) is 54.3 Å². The van der Waals surface area contributed by atoms with Crippen LogP contribution in [0.25, 0.3) is 0 Å². The van der Waals surface area contributed by atoms with Gasteiger partial charge in [-0.2, -0.15) is 0 Å². The number of guanidine groups is 1. The summed E-state index contributed by atoms with van der Waals surface area (Å²) in [6.45, 7) is 9.55. The number of halogens is 1. The van der Waals surface area contributed by atoms with Crippen LogP contribution in [0.5, 0.6) is 11.5 Å². The number of benzene rings is 1. The highest BCUT2D eigenvalue weighted by Crippen LogP contribution is 2.25. The van der Waals surface area contributed by atoms with Crippen molar-refractivity contribution in [1.29, 1.82) is 0 Å². The Bertz CT molecular complexity index is 844. The second-order valence-corrected chi connectivity index (χ2v) is 8.28. The number of hydrogen-bond acceptors (Lipinski definition) is 6. The molecule has 2 rings (SSSR count). The molecule has 0 aliphatic rings. The summed E-state index contributed by atoms with van der Waals surface area (Å²) in [6, 6.07) is 5.78. The van der Waals surface area contributed by atoms with Gasteiger partial charge in [0.1, 0.15) is 17.3 Å². The maximum absolute atomic E-state index is 5.47. The number of hydrogen-bond donors (Lipinski definition) is 2. The van der Waals surface area contributed by atoms with Gasteiger partial charge in [-0.05, 0) is 37.7 Å². The first kappa shape index (κ1) is 28.3. The summed E-state index contributed by atoms with van der Waals surface area (Å²) in [5, 5.41) is 16.4. The molecule has 2 N–H and O–H groups in total. The van der Waals surface area contributed by atoms with Crippen molar-refractivity contribution in [2.75, 3.05) is 33.6 Å². The molecule has 10 heteroatoms. The number of aliphatic imine (C=N–C) groups is 1. The lowest BCUT2D eigenvalue weighted by Crippen LogP contribution is -2.38. The Morgan fingerprint density at radius 3 is 2.59 bits per heavy atom. The molecule has 0 fully saturated rings. The van der Waals surface area contributed by atoms with Gasteiger partial charge in [0, 0.05) is 37.7 Å². The number of nitrogens with one attached hydrogen (secondary N) is 2. The fraction of sp³-hybridized carbons (Fsp3) is 0.591. The van der Waals surface area contributed by atoms with E-state index in [4.69, 9.17) is 14.5 Å². The molecule has 0 radical (unpaired) electrons. The van der Waals surface area contributed by atoms with E-state index in [9.17, 15) is 0 Å². The van der Waals surface area contributed by atoms with Gasteiger partial charge in [0.05, 0.1) is 20.8 Å². The first-order valence-corrected chi connectivity index (χ1v) is 11.9. The Labute approximate surface area is 213 Å². The minimum Gasteiger partial charge on any atom is -0.497 e. The maximum Gasteiger partial charge on any atom is 0.191 e. The second kappa shape index (κ2) is 15.2. The van der Waals surface area contributed by atoms with E-state index in [0.29, 0.717) is 12.5 Å². The Morgan fingerprint density at radius 2 is 1.97 bits per heavy atom. The monoisotopic (exact) mass is 576 g/mol. The maximum atomic E-state index is 5.47. The lowest BCUT2D eigenvalue weighted by Gasteiger charge is -2.14. The molecule has 1 aromatic heterocycles. The second-order valence-electron chi connectivity index (χ2n) is 7.51. The zero-order valence-electron chi connectivity index (χ0n) is 20.0. The van der Waals surface area contributed by atoms with Crippen LogP contribution in [0.3, 0.4) is 0 Å². The fourth-order valence-corrected chi connectivity index (χ4v) is 3.67. The molecule has 0 bridgehead atoms. The zero-order chi connectivity index (χ0) is 22.6. The number of nitrogens with zero attached hydrogens (tertiary/aromatic N) is 4. The molecule has 0 saturated carbocycles. The van der Waals surface area contributed by atoms with Crippen LogP contribution in [0, 0.1) is 5.92 Å². The topological polar surface area (TPSA) is 85.6 Å². The van der Waals surface area contributed by atoms with Crippen LogP contribution in [0.4, 0.5) is 0 Å². The minimum atomic E-state index is 0. The molecule has 0 aliphatic carbocycles. The summed E-state index contributed by atoms with van der Waals surface area (Å²) in [7, 11) is 3.30. The number of aryl methyl sites for hydroxylation is 1. The smallest absolute Gasteiger partial charge is 0.191 e. The van der Waals surface area contributed by atoms with Crippen LogP contribution in [0.2, 0.25) is 0 Å².